The van der Waals surface area contributed by atoms with Gasteiger partial charge >= 0.3 is 0 Å². The van der Waals surface area contributed by atoms with E-state index in [4.69, 9.17) is 11.6 Å². The summed E-state index contributed by atoms with van der Waals surface area (Å²) in [4.78, 5) is 0. The number of hydrogen-bond acceptors (Lipinski definition) is 2. The molecule has 1 N–H and O–H groups in total. The lowest BCUT2D eigenvalue weighted by atomic mass is 9.95. The fourth-order valence-corrected chi connectivity index (χ4v) is 1.96. The van der Waals surface area contributed by atoms with Crippen molar-refractivity contribution in [2.75, 3.05) is 13.1 Å². The molecule has 1 saturated heterocycles. The first-order valence-electron chi connectivity index (χ1n) is 4.68. The molecule has 1 aromatic heterocycles. The van der Waals surface area contributed by atoms with E-state index in [-0.39, 0.29) is 6.04 Å². The summed E-state index contributed by atoms with van der Waals surface area (Å²) in [5.74, 6) is 0. The summed E-state index contributed by atoms with van der Waals surface area (Å²) in [5.41, 5.74) is -0.828. The zero-order chi connectivity index (χ0) is 10.3. The van der Waals surface area contributed by atoms with Gasteiger partial charge < -0.3 is 5.32 Å². The second-order valence-electron chi connectivity index (χ2n) is 3.95. The molecule has 0 amide bonds. The summed E-state index contributed by atoms with van der Waals surface area (Å²) in [5, 5.41) is 7.41. The van der Waals surface area contributed by atoms with Gasteiger partial charge in [-0.05, 0) is 13.8 Å². The molecule has 0 saturated carbocycles. The van der Waals surface area contributed by atoms with Gasteiger partial charge in [-0.1, -0.05) is 11.6 Å². The van der Waals surface area contributed by atoms with Crippen LogP contribution in [0.2, 0.25) is 5.02 Å². The monoisotopic (exact) mass is 217 g/mol. The van der Waals surface area contributed by atoms with Gasteiger partial charge in [-0.2, -0.15) is 5.10 Å². The SMILES string of the molecule is CC(C)n1ncc(Cl)c1C1(F)CNC1. The van der Waals surface area contributed by atoms with Gasteiger partial charge in [-0.25, -0.2) is 4.39 Å². The number of alkyl halides is 1. The Bertz CT molecular complexity index is 344. The number of nitrogens with one attached hydrogen (secondary N) is 1. The third kappa shape index (κ3) is 1.33. The Labute approximate surface area is 87.2 Å². The topological polar surface area (TPSA) is 29.9 Å². The molecule has 0 atom stereocenters. The molecular weight excluding hydrogens is 205 g/mol. The number of halogens is 2. The third-order valence-electron chi connectivity index (χ3n) is 2.47. The molecule has 2 heterocycles. The lowest BCUT2D eigenvalue weighted by Gasteiger charge is -2.36. The van der Waals surface area contributed by atoms with Gasteiger partial charge in [0, 0.05) is 19.1 Å². The van der Waals surface area contributed by atoms with Crippen LogP contribution in [0.3, 0.4) is 0 Å². The molecule has 0 unspecified atom stereocenters. The summed E-state index contributed by atoms with van der Waals surface area (Å²) in [6.07, 6.45) is 1.51. The molecule has 1 fully saturated rings. The minimum Gasteiger partial charge on any atom is -0.309 e. The zero-order valence-electron chi connectivity index (χ0n) is 8.22. The summed E-state index contributed by atoms with van der Waals surface area (Å²) in [7, 11) is 0. The second-order valence-corrected chi connectivity index (χ2v) is 4.36. The first-order chi connectivity index (χ1) is 6.54. The fourth-order valence-electron chi connectivity index (χ4n) is 1.66. The highest BCUT2D eigenvalue weighted by Crippen LogP contribution is 2.36. The maximum absolute atomic E-state index is 14.1. The first kappa shape index (κ1) is 9.93. The Morgan fingerprint density at radius 3 is 2.71 bits per heavy atom. The van der Waals surface area contributed by atoms with Crippen LogP contribution in [0.4, 0.5) is 4.39 Å². The molecule has 1 aromatic rings. The lowest BCUT2D eigenvalue weighted by Crippen LogP contribution is -2.54. The van der Waals surface area contributed by atoms with Crippen LogP contribution in [0, 0.1) is 0 Å². The summed E-state index contributed by atoms with van der Waals surface area (Å²) < 4.78 is 15.8. The Hall–Kier alpha value is -0.610. The molecule has 1 aliphatic heterocycles. The zero-order valence-corrected chi connectivity index (χ0v) is 8.98. The van der Waals surface area contributed by atoms with E-state index in [0.717, 1.165) is 0 Å². The van der Waals surface area contributed by atoms with Crippen LogP contribution in [0.5, 0.6) is 0 Å². The lowest BCUT2D eigenvalue weighted by molar-refractivity contribution is 0.0766. The minimum atomic E-state index is -1.34. The first-order valence-corrected chi connectivity index (χ1v) is 5.05. The maximum Gasteiger partial charge on any atom is 0.178 e. The highest BCUT2D eigenvalue weighted by molar-refractivity contribution is 6.31. The van der Waals surface area contributed by atoms with Crippen molar-refractivity contribution in [2.45, 2.75) is 25.6 Å². The van der Waals surface area contributed by atoms with Gasteiger partial charge in [0.25, 0.3) is 0 Å². The van der Waals surface area contributed by atoms with Crippen molar-refractivity contribution in [3.8, 4) is 0 Å². The maximum atomic E-state index is 14.1. The molecule has 1 aliphatic rings. The molecule has 0 spiro atoms. The van der Waals surface area contributed by atoms with Gasteiger partial charge in [-0.3, -0.25) is 4.68 Å². The largest absolute Gasteiger partial charge is 0.309 e. The van der Waals surface area contributed by atoms with E-state index < -0.39 is 5.67 Å². The minimum absolute atomic E-state index is 0.130. The van der Waals surface area contributed by atoms with Crippen LogP contribution in [0.25, 0.3) is 0 Å². The van der Waals surface area contributed by atoms with Gasteiger partial charge in [0.05, 0.1) is 16.9 Å². The van der Waals surface area contributed by atoms with Gasteiger partial charge in [-0.15, -0.1) is 0 Å². The highest BCUT2D eigenvalue weighted by atomic mass is 35.5. The van der Waals surface area contributed by atoms with E-state index >= 15 is 0 Å². The van der Waals surface area contributed by atoms with Crippen molar-refractivity contribution in [1.29, 1.82) is 0 Å². The molecule has 0 aliphatic carbocycles. The second kappa shape index (κ2) is 3.21. The molecule has 0 aromatic carbocycles. The molecule has 2 rings (SSSR count). The van der Waals surface area contributed by atoms with Crippen molar-refractivity contribution < 1.29 is 4.39 Å². The molecule has 0 bridgehead atoms. The Kier molecular flexibility index (Phi) is 2.27. The van der Waals surface area contributed by atoms with Gasteiger partial charge in [0.1, 0.15) is 0 Å². The number of hydrogen-bond donors (Lipinski definition) is 1. The summed E-state index contributed by atoms with van der Waals surface area (Å²) >= 11 is 5.94. The van der Waals surface area contributed by atoms with E-state index in [1.54, 1.807) is 4.68 Å². The fraction of sp³-hybridized carbons (Fsp3) is 0.667. The van der Waals surface area contributed by atoms with E-state index in [1.165, 1.54) is 6.20 Å². The smallest absolute Gasteiger partial charge is 0.178 e. The van der Waals surface area contributed by atoms with Crippen LogP contribution >= 0.6 is 11.6 Å². The average Bonchev–Trinajstić information content (AvgIpc) is 2.43. The predicted molar refractivity (Wildman–Crippen MR) is 53.3 cm³/mol. The third-order valence-corrected chi connectivity index (χ3v) is 2.75. The van der Waals surface area contributed by atoms with Gasteiger partial charge in [0.15, 0.2) is 5.67 Å². The van der Waals surface area contributed by atoms with Crippen molar-refractivity contribution >= 4 is 11.6 Å². The van der Waals surface area contributed by atoms with Crippen molar-refractivity contribution in [2.24, 2.45) is 0 Å². The summed E-state index contributed by atoms with van der Waals surface area (Å²) in [6, 6.07) is 0.130. The molecule has 78 valence electrons. The molecule has 5 heteroatoms. The number of nitrogens with zero attached hydrogens (tertiary/aromatic N) is 2. The quantitative estimate of drug-likeness (QED) is 0.820. The normalized spacial score (nSPS) is 19.8. The van der Waals surface area contributed by atoms with Crippen LogP contribution in [0.1, 0.15) is 25.6 Å². The molecular formula is C9H13ClFN3. The highest BCUT2D eigenvalue weighted by Gasteiger charge is 2.43. The molecule has 0 radical (unpaired) electrons. The Morgan fingerprint density at radius 1 is 1.64 bits per heavy atom. The Morgan fingerprint density at radius 2 is 2.29 bits per heavy atom. The van der Waals surface area contributed by atoms with Crippen LogP contribution < -0.4 is 5.32 Å². The standard InChI is InChI=1S/C9H13ClFN3/c1-6(2)14-8(7(10)3-13-14)9(11)4-12-5-9/h3,6,12H,4-5H2,1-2H3. The van der Waals surface area contributed by atoms with Crippen molar-refractivity contribution in [1.82, 2.24) is 15.1 Å². The number of aromatic nitrogens is 2. The van der Waals surface area contributed by atoms with Crippen LogP contribution in [-0.4, -0.2) is 22.9 Å². The number of rotatable bonds is 2. The molecule has 14 heavy (non-hydrogen) atoms. The molecule has 3 nitrogen and oxygen atoms in total. The van der Waals surface area contributed by atoms with Crippen molar-refractivity contribution in [3.05, 3.63) is 16.9 Å². The van der Waals surface area contributed by atoms with Gasteiger partial charge in [0.2, 0.25) is 0 Å². The van der Waals surface area contributed by atoms with E-state index in [1.807, 2.05) is 13.8 Å². The summed E-state index contributed by atoms with van der Waals surface area (Å²) in [6.45, 7) is 4.57. The Balaban J connectivity index is 2.44. The predicted octanol–water partition coefficient (Wildman–Crippen LogP) is 1.89. The van der Waals surface area contributed by atoms with Crippen LogP contribution in [-0.2, 0) is 5.67 Å². The van der Waals surface area contributed by atoms with Crippen LogP contribution in [0.15, 0.2) is 6.20 Å². The van der Waals surface area contributed by atoms with E-state index in [0.29, 0.717) is 23.8 Å². The average molecular weight is 218 g/mol. The van der Waals surface area contributed by atoms with E-state index in [2.05, 4.69) is 10.4 Å². The van der Waals surface area contributed by atoms with E-state index in [9.17, 15) is 4.39 Å². The van der Waals surface area contributed by atoms with Crippen molar-refractivity contribution in [3.63, 3.8) is 0 Å².